The van der Waals surface area contributed by atoms with Crippen LogP contribution in [0.3, 0.4) is 0 Å². The van der Waals surface area contributed by atoms with Crippen LogP contribution >= 0.6 is 7.60 Å². The quantitative estimate of drug-likeness (QED) is 0.340. The zero-order valence-electron chi connectivity index (χ0n) is 15.5. The van der Waals surface area contributed by atoms with Crippen molar-refractivity contribution < 1.29 is 24.3 Å². The molecule has 0 aliphatic rings. The van der Waals surface area contributed by atoms with Crippen molar-refractivity contribution in [3.05, 3.63) is 47.1 Å². The van der Waals surface area contributed by atoms with Gasteiger partial charge < -0.3 is 19.5 Å². The Morgan fingerprint density at radius 3 is 2.12 bits per heavy atom. The largest absolute Gasteiger partial charge is 0.810 e. The molecule has 0 radical (unpaired) electrons. The summed E-state index contributed by atoms with van der Waals surface area (Å²) in [5, 5.41) is 8.75. The lowest BCUT2D eigenvalue weighted by atomic mass is 10.1. The first-order valence-corrected chi connectivity index (χ1v) is 10.0. The topological polar surface area (TPSA) is 100 Å². The van der Waals surface area contributed by atoms with Gasteiger partial charge in [-0.05, 0) is 59.8 Å². The molecular formula is C19H29O5P-2. The first-order valence-electron chi connectivity index (χ1n) is 8.40. The van der Waals surface area contributed by atoms with Crippen LogP contribution in [0.1, 0.15) is 59.8 Å². The fourth-order valence-corrected chi connectivity index (χ4v) is 2.78. The van der Waals surface area contributed by atoms with Crippen molar-refractivity contribution in [1.29, 1.82) is 0 Å². The Labute approximate surface area is 151 Å². The van der Waals surface area contributed by atoms with Gasteiger partial charge in [-0.15, -0.1) is 0 Å². The van der Waals surface area contributed by atoms with Crippen molar-refractivity contribution in [2.75, 3.05) is 0 Å². The summed E-state index contributed by atoms with van der Waals surface area (Å²) in [4.78, 5) is 32.5. The minimum absolute atomic E-state index is 0.313. The number of hydrogen-bond acceptors (Lipinski definition) is 4. The zero-order chi connectivity index (χ0) is 19.5. The average Bonchev–Trinajstić information content (AvgIpc) is 2.44. The molecule has 142 valence electrons. The Morgan fingerprint density at radius 2 is 1.60 bits per heavy atom. The van der Waals surface area contributed by atoms with Gasteiger partial charge in [0.2, 0.25) is 0 Å². The normalized spacial score (nSPS) is 14.6. The summed E-state index contributed by atoms with van der Waals surface area (Å²) in [7, 11) is -5.12. The van der Waals surface area contributed by atoms with Gasteiger partial charge in [0.25, 0.3) is 0 Å². The summed E-state index contributed by atoms with van der Waals surface area (Å²) < 4.78 is 10.9. The molecule has 0 amide bonds. The molecule has 1 unspecified atom stereocenters. The molecule has 0 fully saturated rings. The van der Waals surface area contributed by atoms with Crippen LogP contribution in [0.4, 0.5) is 0 Å². The molecule has 0 aliphatic carbocycles. The van der Waals surface area contributed by atoms with E-state index >= 15 is 0 Å². The third kappa shape index (κ3) is 12.6. The summed E-state index contributed by atoms with van der Waals surface area (Å²) in [6.45, 7) is 8.25. The van der Waals surface area contributed by atoms with E-state index in [0.29, 0.717) is 0 Å². The molecule has 0 aliphatic heterocycles. The molecular weight excluding hydrogens is 339 g/mol. The summed E-state index contributed by atoms with van der Waals surface area (Å²) in [5.74, 6) is -1.60. The second kappa shape index (κ2) is 12.0. The van der Waals surface area contributed by atoms with Gasteiger partial charge >= 0.3 is 5.97 Å². The molecule has 0 bridgehead atoms. The highest BCUT2D eigenvalue weighted by Gasteiger charge is 2.19. The highest BCUT2D eigenvalue weighted by Crippen LogP contribution is 2.34. The van der Waals surface area contributed by atoms with E-state index in [2.05, 4.69) is 32.9 Å². The van der Waals surface area contributed by atoms with Crippen LogP contribution in [-0.2, 0) is 9.36 Å². The van der Waals surface area contributed by atoms with Gasteiger partial charge in [0.15, 0.2) is 0 Å². The van der Waals surface area contributed by atoms with E-state index in [1.807, 2.05) is 13.0 Å². The van der Waals surface area contributed by atoms with E-state index in [-0.39, 0.29) is 6.42 Å². The molecule has 0 heterocycles. The first-order chi connectivity index (χ1) is 11.5. The van der Waals surface area contributed by atoms with Gasteiger partial charge in [-0.3, -0.25) is 4.79 Å². The number of allylic oxidation sites excluding steroid dienone is 8. The van der Waals surface area contributed by atoms with Gasteiger partial charge in [-0.2, -0.15) is 0 Å². The number of hydrogen-bond donors (Lipinski definition) is 1. The van der Waals surface area contributed by atoms with E-state index < -0.39 is 19.2 Å². The number of rotatable bonds is 11. The molecule has 0 aromatic heterocycles. The maximum atomic E-state index is 10.9. The molecule has 0 rings (SSSR count). The fraction of sp³-hybridized carbons (Fsp3) is 0.526. The molecule has 6 heteroatoms. The van der Waals surface area contributed by atoms with Crippen molar-refractivity contribution in [3.63, 3.8) is 0 Å². The molecule has 1 atom stereocenters. The van der Waals surface area contributed by atoms with Gasteiger partial charge in [-0.25, -0.2) is 0 Å². The van der Waals surface area contributed by atoms with E-state index in [0.717, 1.165) is 31.3 Å². The van der Waals surface area contributed by atoms with Crippen LogP contribution in [0.25, 0.3) is 0 Å². The molecule has 0 saturated heterocycles. The van der Waals surface area contributed by atoms with Gasteiger partial charge in [-0.1, -0.05) is 54.7 Å². The maximum Gasteiger partial charge on any atom is 0.311 e. The molecule has 1 N–H and O–H groups in total. The highest BCUT2D eigenvalue weighted by molar-refractivity contribution is 7.50. The highest BCUT2D eigenvalue weighted by atomic mass is 31.2. The average molecular weight is 368 g/mol. The van der Waals surface area contributed by atoms with Crippen LogP contribution in [0, 0.1) is 0 Å². The second-order valence-corrected chi connectivity index (χ2v) is 8.18. The zero-order valence-corrected chi connectivity index (χ0v) is 16.4. The lowest BCUT2D eigenvalue weighted by molar-refractivity contribution is -0.315. The van der Waals surface area contributed by atoms with E-state index in [1.165, 1.54) is 17.2 Å². The van der Waals surface area contributed by atoms with Crippen LogP contribution < -0.4 is 9.79 Å². The summed E-state index contributed by atoms with van der Waals surface area (Å²) >= 11 is 0. The molecule has 0 spiro atoms. The Balaban J connectivity index is 4.35. The Kier molecular flexibility index (Phi) is 11.3. The van der Waals surface area contributed by atoms with Crippen molar-refractivity contribution in [1.82, 2.24) is 0 Å². The standard InChI is InChI=1S/C19H31O5P/c1-15(2)9-7-11-17(4)13-8-12-16(3)10-5-6-14-18(19(20)21)25(22,23)24/h5-6,9-10,13,18H,7-8,11-12,14H2,1-4H3,(H,20,21)(H2,22,23,24)/p-2/b6-5+,16-10+,17-13+. The smallest absolute Gasteiger partial charge is 0.311 e. The van der Waals surface area contributed by atoms with Crippen LogP contribution in [0.2, 0.25) is 0 Å². The monoisotopic (exact) mass is 368 g/mol. The minimum Gasteiger partial charge on any atom is -0.810 e. The predicted molar refractivity (Wildman–Crippen MR) is 98.2 cm³/mol. The maximum absolute atomic E-state index is 10.9. The number of carbonyl (C=O) groups is 1. The van der Waals surface area contributed by atoms with Crippen LogP contribution in [-0.4, -0.2) is 16.7 Å². The Bertz CT molecular complexity index is 589. The number of carboxylic acid groups (broad SMARTS) is 1. The number of carboxylic acids is 1. The van der Waals surface area contributed by atoms with Crippen LogP contribution in [0.15, 0.2) is 47.1 Å². The van der Waals surface area contributed by atoms with Gasteiger partial charge in [0.05, 0.1) is 5.66 Å². The predicted octanol–water partition coefficient (Wildman–Crippen LogP) is 3.72. The summed E-state index contributed by atoms with van der Waals surface area (Å²) in [6.07, 6.45) is 12.8. The van der Waals surface area contributed by atoms with Crippen molar-refractivity contribution in [2.24, 2.45) is 0 Å². The van der Waals surface area contributed by atoms with E-state index in [4.69, 9.17) is 5.11 Å². The Hall–Kier alpha value is -1.42. The first kappa shape index (κ1) is 23.6. The summed E-state index contributed by atoms with van der Waals surface area (Å²) in [6, 6.07) is 0. The third-order valence-corrected chi connectivity index (χ3v) is 4.86. The van der Waals surface area contributed by atoms with Gasteiger partial charge in [0, 0.05) is 0 Å². The summed E-state index contributed by atoms with van der Waals surface area (Å²) in [5.41, 5.74) is 1.88. The minimum atomic E-state index is -5.12. The molecule has 5 nitrogen and oxygen atoms in total. The molecule has 0 saturated carbocycles. The van der Waals surface area contributed by atoms with Crippen molar-refractivity contribution >= 4 is 13.6 Å². The fourth-order valence-electron chi connectivity index (χ4n) is 2.13. The lowest BCUT2D eigenvalue weighted by Gasteiger charge is -2.34. The number of aliphatic carboxylic acids is 1. The van der Waals surface area contributed by atoms with Crippen molar-refractivity contribution in [2.45, 2.75) is 65.5 Å². The van der Waals surface area contributed by atoms with Crippen molar-refractivity contribution in [3.8, 4) is 0 Å². The molecule has 0 aromatic carbocycles. The van der Waals surface area contributed by atoms with E-state index in [9.17, 15) is 19.1 Å². The lowest BCUT2D eigenvalue weighted by Crippen LogP contribution is -2.31. The second-order valence-electron chi connectivity index (χ2n) is 6.48. The SMILES string of the molecule is CC(C)=CCC/C(C)=C/CC/C(C)=C/C=C/CC(C(=O)O)P(=O)([O-])[O-]. The Morgan fingerprint density at radius 1 is 1.04 bits per heavy atom. The van der Waals surface area contributed by atoms with Gasteiger partial charge in [0.1, 0.15) is 0 Å². The third-order valence-electron chi connectivity index (χ3n) is 3.67. The molecule has 0 aromatic rings. The van der Waals surface area contributed by atoms with E-state index in [1.54, 1.807) is 6.08 Å². The molecule has 25 heavy (non-hydrogen) atoms. The van der Waals surface area contributed by atoms with Crippen LogP contribution in [0.5, 0.6) is 0 Å².